The zero-order valence-corrected chi connectivity index (χ0v) is 10.4. The van der Waals surface area contributed by atoms with Crippen molar-refractivity contribution in [1.82, 2.24) is 19.8 Å². The number of nitro benzene ring substituents is 1. The smallest absolute Gasteiger partial charge is 0.258 e. The van der Waals surface area contributed by atoms with Crippen LogP contribution in [0.3, 0.4) is 0 Å². The monoisotopic (exact) mass is 303 g/mol. The van der Waals surface area contributed by atoms with Crippen LogP contribution in [0.5, 0.6) is 0 Å². The number of tetrazole rings is 1. The van der Waals surface area contributed by atoms with Crippen LogP contribution in [0.15, 0.2) is 16.9 Å². The van der Waals surface area contributed by atoms with Crippen molar-refractivity contribution in [3.05, 3.63) is 44.4 Å². The molecule has 0 aliphatic carbocycles. The molecule has 2 aromatic rings. The molecule has 2 rings (SSSR count). The van der Waals surface area contributed by atoms with Crippen molar-refractivity contribution in [2.75, 3.05) is 6.67 Å². The van der Waals surface area contributed by atoms with Crippen LogP contribution in [-0.4, -0.2) is 31.4 Å². The van der Waals surface area contributed by atoms with Gasteiger partial charge >= 0.3 is 11.4 Å². The molecular formula is C10H8F3N5O3. The maximum Gasteiger partial charge on any atom is 0.368 e. The molecule has 8 nitrogen and oxygen atoms in total. The average Bonchev–Trinajstić information content (AvgIpc) is 2.79. The van der Waals surface area contributed by atoms with Gasteiger partial charge in [-0.1, -0.05) is 0 Å². The summed E-state index contributed by atoms with van der Waals surface area (Å²) in [7, 11) is 0. The van der Waals surface area contributed by atoms with E-state index in [2.05, 4.69) is 10.4 Å². The number of alkyl halides is 1. The van der Waals surface area contributed by atoms with E-state index in [1.807, 2.05) is 0 Å². The molecule has 1 aromatic heterocycles. The zero-order valence-electron chi connectivity index (χ0n) is 10.4. The molecule has 0 spiro atoms. The molecule has 0 amide bonds. The molecule has 0 aliphatic heterocycles. The van der Waals surface area contributed by atoms with Gasteiger partial charge in [-0.15, -0.1) is 0 Å². The van der Waals surface area contributed by atoms with E-state index in [9.17, 15) is 28.1 Å². The highest BCUT2D eigenvalue weighted by Crippen LogP contribution is 2.22. The van der Waals surface area contributed by atoms with E-state index < -0.39 is 40.3 Å². The van der Waals surface area contributed by atoms with Crippen molar-refractivity contribution in [2.45, 2.75) is 13.0 Å². The van der Waals surface area contributed by atoms with Crippen molar-refractivity contribution in [1.29, 1.82) is 0 Å². The Morgan fingerprint density at radius 2 is 1.95 bits per heavy atom. The maximum absolute atomic E-state index is 13.7. The number of benzene rings is 1. The molecule has 0 saturated heterocycles. The Balaban J connectivity index is 2.48. The Morgan fingerprint density at radius 1 is 1.24 bits per heavy atom. The second-order valence-corrected chi connectivity index (χ2v) is 3.95. The Hall–Kier alpha value is -2.72. The quantitative estimate of drug-likeness (QED) is 0.606. The summed E-state index contributed by atoms with van der Waals surface area (Å²) in [6.45, 7) is -0.758. The molecule has 0 atom stereocenters. The van der Waals surface area contributed by atoms with E-state index in [-0.39, 0.29) is 13.0 Å². The standard InChI is InChI=1S/C10H8F3N5O3/c11-2-1-3-16-10(19)17(15-14-16)8-4-7(13)9(18(20)21)5-6(8)12/h4-5H,1-3H2. The summed E-state index contributed by atoms with van der Waals surface area (Å²) in [5.41, 5.74) is -2.58. The highest BCUT2D eigenvalue weighted by Gasteiger charge is 2.21. The average molecular weight is 303 g/mol. The van der Waals surface area contributed by atoms with Gasteiger partial charge in [0.05, 0.1) is 24.2 Å². The molecule has 0 radical (unpaired) electrons. The number of hydrogen-bond donors (Lipinski definition) is 0. The Kier molecular flexibility index (Phi) is 4.00. The van der Waals surface area contributed by atoms with Gasteiger partial charge in [-0.3, -0.25) is 14.5 Å². The van der Waals surface area contributed by atoms with Gasteiger partial charge in [-0.05, 0) is 16.8 Å². The Bertz CT molecular complexity index is 742. The molecule has 0 N–H and O–H groups in total. The van der Waals surface area contributed by atoms with Crippen molar-refractivity contribution in [3.8, 4) is 5.69 Å². The summed E-state index contributed by atoms with van der Waals surface area (Å²) in [4.78, 5) is 21.2. The predicted molar refractivity (Wildman–Crippen MR) is 62.8 cm³/mol. The fraction of sp³-hybridized carbons (Fsp3) is 0.300. The molecule has 0 bridgehead atoms. The van der Waals surface area contributed by atoms with Crippen molar-refractivity contribution < 1.29 is 18.1 Å². The minimum Gasteiger partial charge on any atom is -0.258 e. The van der Waals surface area contributed by atoms with E-state index in [0.29, 0.717) is 16.8 Å². The first-order chi connectivity index (χ1) is 9.95. The fourth-order valence-electron chi connectivity index (χ4n) is 1.60. The van der Waals surface area contributed by atoms with Gasteiger partial charge in [0.25, 0.3) is 0 Å². The number of aromatic nitrogens is 4. The summed E-state index contributed by atoms with van der Waals surface area (Å²) in [6, 6.07) is 0.820. The van der Waals surface area contributed by atoms with Gasteiger partial charge in [-0.2, -0.15) is 13.8 Å². The summed E-state index contributed by atoms with van der Waals surface area (Å²) in [5.74, 6) is -2.52. The summed E-state index contributed by atoms with van der Waals surface area (Å²) in [6.07, 6.45) is 0.00963. The molecule has 1 heterocycles. The van der Waals surface area contributed by atoms with E-state index in [4.69, 9.17) is 0 Å². The molecule has 0 saturated carbocycles. The highest BCUT2D eigenvalue weighted by molar-refractivity contribution is 5.43. The van der Waals surface area contributed by atoms with Gasteiger partial charge in [-0.25, -0.2) is 9.18 Å². The van der Waals surface area contributed by atoms with Crippen LogP contribution >= 0.6 is 0 Å². The van der Waals surface area contributed by atoms with Crippen LogP contribution in [0, 0.1) is 21.7 Å². The number of rotatable bonds is 5. The van der Waals surface area contributed by atoms with Crippen LogP contribution in [0.1, 0.15) is 6.42 Å². The number of halogens is 3. The Labute approximate surface area is 114 Å². The first-order valence-electron chi connectivity index (χ1n) is 5.68. The van der Waals surface area contributed by atoms with Crippen LogP contribution < -0.4 is 5.69 Å². The van der Waals surface area contributed by atoms with Crippen molar-refractivity contribution in [2.24, 2.45) is 0 Å². The highest BCUT2D eigenvalue weighted by atomic mass is 19.1. The molecule has 0 fully saturated rings. The molecular weight excluding hydrogens is 295 g/mol. The minimum absolute atomic E-state index is 0.00963. The first-order valence-corrected chi connectivity index (χ1v) is 5.68. The lowest BCUT2D eigenvalue weighted by Gasteiger charge is -2.01. The second kappa shape index (κ2) is 5.73. The third kappa shape index (κ3) is 2.75. The molecule has 21 heavy (non-hydrogen) atoms. The summed E-state index contributed by atoms with van der Waals surface area (Å²) < 4.78 is 40.5. The second-order valence-electron chi connectivity index (χ2n) is 3.95. The van der Waals surface area contributed by atoms with E-state index in [1.165, 1.54) is 0 Å². The zero-order chi connectivity index (χ0) is 15.6. The predicted octanol–water partition coefficient (Wildman–Crippen LogP) is 0.975. The number of nitro groups is 1. The maximum atomic E-state index is 13.7. The van der Waals surface area contributed by atoms with Gasteiger partial charge in [0.2, 0.25) is 5.82 Å². The molecule has 0 aliphatic rings. The Morgan fingerprint density at radius 3 is 2.57 bits per heavy atom. The van der Waals surface area contributed by atoms with E-state index >= 15 is 0 Å². The molecule has 112 valence electrons. The molecule has 1 aromatic carbocycles. The van der Waals surface area contributed by atoms with E-state index in [0.717, 1.165) is 4.68 Å². The first kappa shape index (κ1) is 14.7. The molecule has 11 heteroatoms. The number of aryl methyl sites for hydroxylation is 1. The largest absolute Gasteiger partial charge is 0.368 e. The van der Waals surface area contributed by atoms with Crippen molar-refractivity contribution >= 4 is 5.69 Å². The minimum atomic E-state index is -1.32. The fourth-order valence-corrected chi connectivity index (χ4v) is 1.60. The third-order valence-electron chi connectivity index (χ3n) is 2.58. The van der Waals surface area contributed by atoms with Crippen molar-refractivity contribution in [3.63, 3.8) is 0 Å². The van der Waals surface area contributed by atoms with Gasteiger partial charge in [0, 0.05) is 6.07 Å². The molecule has 0 unspecified atom stereocenters. The lowest BCUT2D eigenvalue weighted by Crippen LogP contribution is -2.25. The SMILES string of the molecule is O=c1n(CCCF)nnn1-c1cc(F)c([N+](=O)[O-])cc1F. The third-order valence-corrected chi connectivity index (χ3v) is 2.58. The van der Waals surface area contributed by atoms with E-state index in [1.54, 1.807) is 0 Å². The summed E-state index contributed by atoms with van der Waals surface area (Å²) >= 11 is 0. The summed E-state index contributed by atoms with van der Waals surface area (Å²) in [5, 5.41) is 17.2. The topological polar surface area (TPSA) is 95.8 Å². The van der Waals surface area contributed by atoms with Gasteiger partial charge < -0.3 is 0 Å². The number of hydrogen-bond acceptors (Lipinski definition) is 5. The van der Waals surface area contributed by atoms with Crippen LogP contribution in [0.4, 0.5) is 18.9 Å². The lowest BCUT2D eigenvalue weighted by molar-refractivity contribution is -0.387. The van der Waals surface area contributed by atoms with Gasteiger partial charge in [0.1, 0.15) is 5.69 Å². The van der Waals surface area contributed by atoms with Crippen LogP contribution in [0.25, 0.3) is 5.69 Å². The van der Waals surface area contributed by atoms with Crippen LogP contribution in [-0.2, 0) is 6.54 Å². The normalized spacial score (nSPS) is 10.8. The van der Waals surface area contributed by atoms with Crippen LogP contribution in [0.2, 0.25) is 0 Å². The van der Waals surface area contributed by atoms with Gasteiger partial charge in [0.15, 0.2) is 5.82 Å². The lowest BCUT2D eigenvalue weighted by atomic mass is 10.2. The number of nitrogens with zero attached hydrogens (tertiary/aromatic N) is 5.